The molecule has 4 N–H and O–H groups in total. The van der Waals surface area contributed by atoms with E-state index in [2.05, 4.69) is 22.5 Å². The van der Waals surface area contributed by atoms with Crippen molar-refractivity contribution in [2.24, 2.45) is 0 Å². The number of carbonyl (C=O) groups excluding carboxylic acids is 3. The van der Waals surface area contributed by atoms with Gasteiger partial charge in [0, 0.05) is 31.6 Å². The van der Waals surface area contributed by atoms with E-state index in [-0.39, 0.29) is 31.8 Å². The lowest BCUT2D eigenvalue weighted by Crippen LogP contribution is -2.41. The Kier molecular flexibility index (Phi) is 9.23. The van der Waals surface area contributed by atoms with Gasteiger partial charge in [-0.15, -0.1) is 0 Å². The zero-order valence-corrected chi connectivity index (χ0v) is 12.0. The van der Waals surface area contributed by atoms with Gasteiger partial charge in [-0.3, -0.25) is 19.2 Å². The molecule has 0 rings (SSSR count). The van der Waals surface area contributed by atoms with Crippen molar-refractivity contribution in [1.82, 2.24) is 16.0 Å². The molecule has 21 heavy (non-hydrogen) atoms. The summed E-state index contributed by atoms with van der Waals surface area (Å²) in [6.45, 7) is 5.82. The Labute approximate surface area is 123 Å². The maximum Gasteiger partial charge on any atom is 0.309 e. The molecule has 3 amide bonds. The maximum atomic E-state index is 11.3. The van der Waals surface area contributed by atoms with Crippen LogP contribution in [0.1, 0.15) is 26.2 Å². The minimum atomic E-state index is -0.953. The topological polar surface area (TPSA) is 125 Å². The number of amides is 3. The molecule has 118 valence electrons. The Balaban J connectivity index is 3.64. The highest BCUT2D eigenvalue weighted by atomic mass is 16.4. The molecule has 0 aliphatic carbocycles. The van der Waals surface area contributed by atoms with Crippen molar-refractivity contribution in [3.05, 3.63) is 12.2 Å². The van der Waals surface area contributed by atoms with E-state index in [9.17, 15) is 19.2 Å². The highest BCUT2D eigenvalue weighted by Crippen LogP contribution is 1.87. The minimum Gasteiger partial charge on any atom is -0.481 e. The summed E-state index contributed by atoms with van der Waals surface area (Å²) in [7, 11) is 0. The Bertz CT molecular complexity index is 420. The average Bonchev–Trinajstić information content (AvgIpc) is 2.41. The van der Waals surface area contributed by atoms with Crippen LogP contribution in [-0.4, -0.2) is 48.4 Å². The number of carbonyl (C=O) groups is 4. The van der Waals surface area contributed by atoms with Gasteiger partial charge in [-0.25, -0.2) is 0 Å². The molecule has 8 nitrogen and oxygen atoms in total. The molecule has 0 aromatic rings. The quantitative estimate of drug-likeness (QED) is 0.251. The van der Waals surface area contributed by atoms with Crippen molar-refractivity contribution >= 4 is 23.7 Å². The fourth-order valence-corrected chi connectivity index (χ4v) is 1.25. The molecule has 0 heterocycles. The van der Waals surface area contributed by atoms with Gasteiger partial charge in [0.15, 0.2) is 0 Å². The largest absolute Gasteiger partial charge is 0.481 e. The molecule has 0 fully saturated rings. The van der Waals surface area contributed by atoms with Gasteiger partial charge in [-0.1, -0.05) is 6.58 Å². The van der Waals surface area contributed by atoms with Gasteiger partial charge in [0.2, 0.25) is 5.91 Å². The molecule has 0 aromatic heterocycles. The summed E-state index contributed by atoms with van der Waals surface area (Å²) < 4.78 is 0. The normalized spacial score (nSPS) is 9.57. The molecule has 0 aromatic carbocycles. The van der Waals surface area contributed by atoms with Crippen LogP contribution in [0.15, 0.2) is 12.2 Å². The summed E-state index contributed by atoms with van der Waals surface area (Å²) in [6.07, 6.45) is 0.683. The third-order valence-electron chi connectivity index (χ3n) is 2.37. The molecule has 0 saturated heterocycles. The highest BCUT2D eigenvalue weighted by Gasteiger charge is 2.11. The molecule has 0 unspecified atom stereocenters. The number of carboxylic acid groups (broad SMARTS) is 1. The average molecular weight is 299 g/mol. The molecule has 0 saturated carbocycles. The SMILES string of the molecule is C=C(C)C(=O)NCCCNC(=O)C(=O)NCCCC(=O)O. The summed E-state index contributed by atoms with van der Waals surface area (Å²) >= 11 is 0. The number of aliphatic carboxylic acids is 1. The third-order valence-corrected chi connectivity index (χ3v) is 2.37. The third kappa shape index (κ3) is 10.1. The van der Waals surface area contributed by atoms with E-state index < -0.39 is 17.8 Å². The van der Waals surface area contributed by atoms with Crippen molar-refractivity contribution in [3.8, 4) is 0 Å². The van der Waals surface area contributed by atoms with Crippen LogP contribution in [0.2, 0.25) is 0 Å². The zero-order valence-electron chi connectivity index (χ0n) is 12.0. The monoisotopic (exact) mass is 299 g/mol. The number of rotatable bonds is 9. The standard InChI is InChI=1S/C13H21N3O5/c1-9(2)11(19)14-7-4-8-16-13(21)12(20)15-6-3-5-10(17)18/h1,3-8H2,2H3,(H,14,19)(H,15,20)(H,16,21)(H,17,18). The first-order chi connectivity index (χ1) is 9.84. The molecule has 0 radical (unpaired) electrons. The van der Waals surface area contributed by atoms with Crippen molar-refractivity contribution in [1.29, 1.82) is 0 Å². The summed E-state index contributed by atoms with van der Waals surface area (Å²) in [6, 6.07) is 0. The second kappa shape index (κ2) is 10.4. The van der Waals surface area contributed by atoms with Crippen LogP contribution in [0.3, 0.4) is 0 Å². The summed E-state index contributed by atoms with van der Waals surface area (Å²) in [5.74, 6) is -2.79. The first-order valence-electron chi connectivity index (χ1n) is 6.56. The summed E-state index contributed by atoms with van der Waals surface area (Å²) in [4.78, 5) is 44.0. The summed E-state index contributed by atoms with van der Waals surface area (Å²) in [5, 5.41) is 15.7. The van der Waals surface area contributed by atoms with Gasteiger partial charge in [0.1, 0.15) is 0 Å². The number of hydrogen-bond donors (Lipinski definition) is 4. The van der Waals surface area contributed by atoms with Crippen LogP contribution >= 0.6 is 0 Å². The van der Waals surface area contributed by atoms with E-state index in [1.165, 1.54) is 0 Å². The molecule has 0 bridgehead atoms. The smallest absolute Gasteiger partial charge is 0.309 e. The Morgan fingerprint density at radius 1 is 0.857 bits per heavy atom. The van der Waals surface area contributed by atoms with Gasteiger partial charge >= 0.3 is 17.8 Å². The second-order valence-electron chi connectivity index (χ2n) is 4.40. The van der Waals surface area contributed by atoms with Gasteiger partial charge < -0.3 is 21.1 Å². The Morgan fingerprint density at radius 3 is 1.71 bits per heavy atom. The fraction of sp³-hybridized carbons (Fsp3) is 0.538. The first kappa shape index (κ1) is 18.6. The zero-order chi connectivity index (χ0) is 16.3. The van der Waals surface area contributed by atoms with Crippen LogP contribution in [0.5, 0.6) is 0 Å². The van der Waals surface area contributed by atoms with Crippen LogP contribution in [-0.2, 0) is 19.2 Å². The molecule has 0 aliphatic rings. The van der Waals surface area contributed by atoms with Crippen molar-refractivity contribution in [2.45, 2.75) is 26.2 Å². The van der Waals surface area contributed by atoms with Gasteiger partial charge in [0.25, 0.3) is 0 Å². The van der Waals surface area contributed by atoms with E-state index >= 15 is 0 Å². The van der Waals surface area contributed by atoms with Crippen LogP contribution in [0.25, 0.3) is 0 Å². The Hall–Kier alpha value is -2.38. The van der Waals surface area contributed by atoms with Gasteiger partial charge in [-0.2, -0.15) is 0 Å². The molecular weight excluding hydrogens is 278 g/mol. The van der Waals surface area contributed by atoms with E-state index in [4.69, 9.17) is 5.11 Å². The number of nitrogens with one attached hydrogen (secondary N) is 3. The second-order valence-corrected chi connectivity index (χ2v) is 4.40. The lowest BCUT2D eigenvalue weighted by Gasteiger charge is -2.07. The van der Waals surface area contributed by atoms with Crippen molar-refractivity contribution < 1.29 is 24.3 Å². The molecule has 0 aliphatic heterocycles. The van der Waals surface area contributed by atoms with Crippen LogP contribution in [0, 0.1) is 0 Å². The Morgan fingerprint density at radius 2 is 1.29 bits per heavy atom. The molecule has 0 atom stereocenters. The van der Waals surface area contributed by atoms with E-state index in [0.717, 1.165) is 0 Å². The number of hydrogen-bond acceptors (Lipinski definition) is 4. The molecule has 0 spiro atoms. The van der Waals surface area contributed by atoms with Gasteiger partial charge in [-0.05, 0) is 19.8 Å². The summed E-state index contributed by atoms with van der Waals surface area (Å²) in [5.41, 5.74) is 0.403. The van der Waals surface area contributed by atoms with Crippen LogP contribution in [0.4, 0.5) is 0 Å². The van der Waals surface area contributed by atoms with E-state index in [1.54, 1.807) is 6.92 Å². The van der Waals surface area contributed by atoms with Crippen molar-refractivity contribution in [3.63, 3.8) is 0 Å². The predicted molar refractivity (Wildman–Crippen MR) is 75.3 cm³/mol. The fourth-order valence-electron chi connectivity index (χ4n) is 1.25. The lowest BCUT2D eigenvalue weighted by molar-refractivity contribution is -0.139. The maximum absolute atomic E-state index is 11.3. The van der Waals surface area contributed by atoms with Crippen molar-refractivity contribution in [2.75, 3.05) is 19.6 Å². The molecular formula is C13H21N3O5. The van der Waals surface area contributed by atoms with E-state index in [0.29, 0.717) is 18.5 Å². The lowest BCUT2D eigenvalue weighted by atomic mass is 10.3. The predicted octanol–water partition coefficient (Wildman–Crippen LogP) is -0.834. The highest BCUT2D eigenvalue weighted by molar-refractivity contribution is 6.35. The first-order valence-corrected chi connectivity index (χ1v) is 6.56. The van der Waals surface area contributed by atoms with Crippen LogP contribution < -0.4 is 16.0 Å². The van der Waals surface area contributed by atoms with Gasteiger partial charge in [0.05, 0.1) is 0 Å². The van der Waals surface area contributed by atoms with E-state index in [1.807, 2.05) is 0 Å². The number of carboxylic acids is 1. The minimum absolute atomic E-state index is 0.0652. The molecule has 8 heteroatoms.